The lowest BCUT2D eigenvalue weighted by molar-refractivity contribution is 0.505. The number of anilines is 4. The second kappa shape index (κ2) is 7.05. The molecule has 0 radical (unpaired) electrons. The smallest absolute Gasteiger partial charge is 0.175 e. The molecular weight excluding hydrogens is 436 g/mol. The predicted molar refractivity (Wildman–Crippen MR) is 85.8 cm³/mol. The summed E-state index contributed by atoms with van der Waals surface area (Å²) >= 11 is 5.52. The van der Waals surface area contributed by atoms with E-state index >= 15 is 0 Å². The van der Waals surface area contributed by atoms with Crippen molar-refractivity contribution in [3.63, 3.8) is 0 Å². The number of benzene rings is 2. The normalized spacial score (nSPS) is 10.1. The van der Waals surface area contributed by atoms with E-state index in [4.69, 9.17) is 22.9 Å². The molecule has 0 aliphatic heterocycles. The molecule has 8 N–H and O–H groups in total. The second-order valence-corrected chi connectivity index (χ2v) is 5.56. The van der Waals surface area contributed by atoms with Crippen LogP contribution in [0, 0.1) is 23.3 Å². The Morgan fingerprint density at radius 1 is 0.636 bits per heavy atom. The molecule has 4 nitrogen and oxygen atoms in total. The zero-order valence-electron chi connectivity index (χ0n) is 10.7. The molecule has 10 heteroatoms. The highest BCUT2D eigenvalue weighted by molar-refractivity contribution is 9.11. The zero-order valence-corrected chi connectivity index (χ0v) is 13.9. The van der Waals surface area contributed by atoms with Crippen molar-refractivity contribution in [2.75, 3.05) is 22.9 Å². The molecule has 0 heterocycles. The Labute approximate surface area is 139 Å². The van der Waals surface area contributed by atoms with Crippen molar-refractivity contribution in [2.45, 2.75) is 0 Å². The van der Waals surface area contributed by atoms with Crippen molar-refractivity contribution >= 4 is 54.6 Å². The minimum atomic E-state index is -1.02. The van der Waals surface area contributed by atoms with Gasteiger partial charge in [0.25, 0.3) is 0 Å². The third kappa shape index (κ3) is 3.74. The Hall–Kier alpha value is -1.68. The highest BCUT2D eigenvalue weighted by Gasteiger charge is 2.12. The number of rotatable bonds is 0. The summed E-state index contributed by atoms with van der Waals surface area (Å²) in [6.45, 7) is 0. The molecule has 2 rings (SSSR count). The van der Waals surface area contributed by atoms with E-state index in [0.29, 0.717) is 0 Å². The molecule has 120 valence electrons. The van der Waals surface area contributed by atoms with Crippen molar-refractivity contribution in [3.8, 4) is 0 Å². The second-order valence-electron chi connectivity index (χ2n) is 3.98. The molecule has 0 aliphatic carbocycles. The summed E-state index contributed by atoms with van der Waals surface area (Å²) in [5, 5.41) is 0. The van der Waals surface area contributed by atoms with Gasteiger partial charge in [0.1, 0.15) is 0 Å². The van der Waals surface area contributed by atoms with Crippen molar-refractivity contribution in [1.29, 1.82) is 0 Å². The van der Waals surface area contributed by atoms with Crippen molar-refractivity contribution < 1.29 is 17.6 Å². The van der Waals surface area contributed by atoms with Gasteiger partial charge in [0.15, 0.2) is 23.3 Å². The van der Waals surface area contributed by atoms with Gasteiger partial charge < -0.3 is 22.9 Å². The average molecular weight is 446 g/mol. The van der Waals surface area contributed by atoms with Crippen LogP contribution in [0.3, 0.4) is 0 Å². The van der Waals surface area contributed by atoms with Gasteiger partial charge in [-0.1, -0.05) is 0 Å². The van der Waals surface area contributed by atoms with Crippen molar-refractivity contribution in [3.05, 3.63) is 44.3 Å². The Balaban J connectivity index is 0.000000220. The number of hydrogen-bond acceptors (Lipinski definition) is 4. The molecule has 2 aromatic carbocycles. The number of hydrogen-bond donors (Lipinski definition) is 4. The fourth-order valence-corrected chi connectivity index (χ4v) is 2.09. The van der Waals surface area contributed by atoms with Gasteiger partial charge in [-0.15, -0.1) is 0 Å². The molecule has 0 amide bonds. The van der Waals surface area contributed by atoms with Crippen LogP contribution < -0.4 is 22.9 Å². The number of nitrogens with two attached hydrogens (primary N) is 4. The minimum Gasteiger partial charge on any atom is -0.397 e. The van der Waals surface area contributed by atoms with E-state index in [1.54, 1.807) is 0 Å². The summed E-state index contributed by atoms with van der Waals surface area (Å²) < 4.78 is 49.9. The van der Waals surface area contributed by atoms with Crippen LogP contribution in [0.2, 0.25) is 0 Å². The van der Waals surface area contributed by atoms with Gasteiger partial charge >= 0.3 is 0 Å². The molecule has 2 aromatic rings. The van der Waals surface area contributed by atoms with Gasteiger partial charge in [0.05, 0.1) is 31.7 Å². The summed E-state index contributed by atoms with van der Waals surface area (Å²) in [4.78, 5) is 0. The topological polar surface area (TPSA) is 104 Å². The zero-order chi connectivity index (χ0) is 17.2. The molecule has 22 heavy (non-hydrogen) atoms. The van der Waals surface area contributed by atoms with Gasteiger partial charge in [-0.3, -0.25) is 0 Å². The van der Waals surface area contributed by atoms with Crippen LogP contribution in [-0.2, 0) is 0 Å². The van der Waals surface area contributed by atoms with Gasteiger partial charge in [0, 0.05) is 12.1 Å². The van der Waals surface area contributed by atoms with Crippen molar-refractivity contribution in [2.24, 2.45) is 0 Å². The standard InChI is InChI=1S/2C6H5BrF2N2/c2*7-4-5(9)2(8)1-3(10)6(4)11/h2*1H,10-11H2. The van der Waals surface area contributed by atoms with Gasteiger partial charge in [0.2, 0.25) is 0 Å². The molecule has 0 aliphatic rings. The van der Waals surface area contributed by atoms with Crippen molar-refractivity contribution in [1.82, 2.24) is 0 Å². The lowest BCUT2D eigenvalue weighted by atomic mass is 10.2. The number of nitrogen functional groups attached to an aromatic ring is 4. The van der Waals surface area contributed by atoms with Crippen LogP contribution in [-0.4, -0.2) is 0 Å². The first-order valence-electron chi connectivity index (χ1n) is 5.44. The summed E-state index contributed by atoms with van der Waals surface area (Å²) in [6, 6.07) is 1.69. The van der Waals surface area contributed by atoms with Crippen LogP contribution >= 0.6 is 31.9 Å². The molecule has 0 aromatic heterocycles. The first-order valence-corrected chi connectivity index (χ1v) is 7.03. The quantitative estimate of drug-likeness (QED) is 0.281. The predicted octanol–water partition coefficient (Wildman–Crippen LogP) is 3.78. The summed E-state index contributed by atoms with van der Waals surface area (Å²) in [7, 11) is 0. The molecule has 0 fully saturated rings. The Morgan fingerprint density at radius 3 is 1.18 bits per heavy atom. The van der Waals surface area contributed by atoms with Gasteiger partial charge in [-0.25, -0.2) is 17.6 Å². The monoisotopic (exact) mass is 444 g/mol. The Morgan fingerprint density at radius 2 is 0.909 bits per heavy atom. The molecule has 0 atom stereocenters. The SMILES string of the molecule is Nc1cc(F)c(F)c(Br)c1N.Nc1cc(F)c(F)c(Br)c1N. The van der Waals surface area contributed by atoms with Crippen LogP contribution in [0.4, 0.5) is 40.3 Å². The van der Waals surface area contributed by atoms with Crippen LogP contribution in [0.15, 0.2) is 21.1 Å². The molecule has 0 unspecified atom stereocenters. The maximum absolute atomic E-state index is 12.6. The molecule has 0 saturated heterocycles. The molecule has 0 spiro atoms. The fraction of sp³-hybridized carbons (Fsp3) is 0. The summed E-state index contributed by atoms with van der Waals surface area (Å²) in [5.74, 6) is -4.06. The molecule has 0 bridgehead atoms. The Bertz CT molecular complexity index is 611. The highest BCUT2D eigenvalue weighted by Crippen LogP contribution is 2.30. The lowest BCUT2D eigenvalue weighted by Gasteiger charge is -2.03. The lowest BCUT2D eigenvalue weighted by Crippen LogP contribution is -1.99. The summed E-state index contributed by atoms with van der Waals surface area (Å²) in [6.07, 6.45) is 0. The summed E-state index contributed by atoms with van der Waals surface area (Å²) in [5.41, 5.74) is 21.1. The van der Waals surface area contributed by atoms with Gasteiger partial charge in [-0.05, 0) is 31.9 Å². The van der Waals surface area contributed by atoms with E-state index in [1.807, 2.05) is 0 Å². The average Bonchev–Trinajstić information content (AvgIpc) is 2.47. The minimum absolute atomic E-state index is 0.0175. The highest BCUT2D eigenvalue weighted by atomic mass is 79.9. The van der Waals surface area contributed by atoms with Crippen LogP contribution in [0.25, 0.3) is 0 Å². The van der Waals surface area contributed by atoms with E-state index in [0.717, 1.165) is 12.1 Å². The third-order valence-corrected chi connectivity index (χ3v) is 4.01. The number of halogens is 6. The van der Waals surface area contributed by atoms with Crippen LogP contribution in [0.1, 0.15) is 0 Å². The third-order valence-electron chi connectivity index (χ3n) is 2.46. The first kappa shape index (κ1) is 18.4. The molecule has 0 saturated carbocycles. The van der Waals surface area contributed by atoms with E-state index in [1.165, 1.54) is 0 Å². The maximum Gasteiger partial charge on any atom is 0.175 e. The molecular formula is C12H10Br2F4N4. The Kier molecular flexibility index (Phi) is 5.89. The van der Waals surface area contributed by atoms with E-state index in [9.17, 15) is 17.6 Å². The van der Waals surface area contributed by atoms with Crippen LogP contribution in [0.5, 0.6) is 0 Å². The largest absolute Gasteiger partial charge is 0.397 e. The first-order chi connectivity index (χ1) is 10.1. The van der Waals surface area contributed by atoms with Gasteiger partial charge in [-0.2, -0.15) is 0 Å². The fourth-order valence-electron chi connectivity index (χ4n) is 1.25. The maximum atomic E-state index is 12.6. The van der Waals surface area contributed by atoms with E-state index in [-0.39, 0.29) is 31.7 Å². The van der Waals surface area contributed by atoms with E-state index < -0.39 is 23.3 Å². The van der Waals surface area contributed by atoms with E-state index in [2.05, 4.69) is 31.9 Å².